The van der Waals surface area contributed by atoms with Gasteiger partial charge in [0.1, 0.15) is 16.4 Å². The molecule has 0 aliphatic carbocycles. The Balaban J connectivity index is 1.86. The summed E-state index contributed by atoms with van der Waals surface area (Å²) in [5.74, 6) is 0.840. The minimum atomic E-state index is -3.92. The molecule has 0 spiro atoms. The molecular formula is C19H20ClN3O4S. The van der Waals surface area contributed by atoms with Crippen LogP contribution in [-0.2, 0) is 16.6 Å². The number of halogens is 1. The van der Waals surface area contributed by atoms with Gasteiger partial charge in [0, 0.05) is 22.8 Å². The largest absolute Gasteiger partial charge is 0.497 e. The number of anilines is 1. The summed E-state index contributed by atoms with van der Waals surface area (Å²) in [5, 5.41) is 5.01. The minimum absolute atomic E-state index is 0.0285. The maximum absolute atomic E-state index is 12.9. The monoisotopic (exact) mass is 421 g/mol. The van der Waals surface area contributed by atoms with Crippen molar-refractivity contribution in [1.82, 2.24) is 9.78 Å². The number of sulfonamides is 1. The second kappa shape index (κ2) is 8.12. The fourth-order valence-corrected chi connectivity index (χ4v) is 3.97. The zero-order chi connectivity index (χ0) is 20.3. The molecule has 0 unspecified atom stereocenters. The maximum atomic E-state index is 12.9. The second-order valence-electron chi connectivity index (χ2n) is 6.08. The van der Waals surface area contributed by atoms with Crippen molar-refractivity contribution >= 4 is 27.4 Å². The fourth-order valence-electron chi connectivity index (χ4n) is 2.67. The first-order valence-electron chi connectivity index (χ1n) is 8.36. The van der Waals surface area contributed by atoms with Gasteiger partial charge in [-0.3, -0.25) is 9.40 Å². The van der Waals surface area contributed by atoms with Crippen molar-refractivity contribution in [2.45, 2.75) is 18.4 Å². The molecule has 0 amide bonds. The van der Waals surface area contributed by atoms with E-state index < -0.39 is 10.0 Å². The molecule has 0 saturated carbocycles. The molecule has 28 heavy (non-hydrogen) atoms. The molecule has 3 aromatic rings. The van der Waals surface area contributed by atoms with Crippen molar-refractivity contribution in [1.29, 1.82) is 0 Å². The highest BCUT2D eigenvalue weighted by molar-refractivity contribution is 7.92. The van der Waals surface area contributed by atoms with E-state index in [9.17, 15) is 8.42 Å². The van der Waals surface area contributed by atoms with E-state index in [1.165, 1.54) is 26.4 Å². The van der Waals surface area contributed by atoms with Crippen LogP contribution in [0, 0.1) is 6.92 Å². The lowest BCUT2D eigenvalue weighted by Crippen LogP contribution is -2.15. The van der Waals surface area contributed by atoms with Crippen molar-refractivity contribution in [3.8, 4) is 11.5 Å². The van der Waals surface area contributed by atoms with Gasteiger partial charge in [-0.05, 0) is 36.8 Å². The first kappa shape index (κ1) is 20.0. The van der Waals surface area contributed by atoms with Crippen LogP contribution in [0.2, 0.25) is 5.02 Å². The number of hydrogen-bond acceptors (Lipinski definition) is 5. The minimum Gasteiger partial charge on any atom is -0.497 e. The van der Waals surface area contributed by atoms with Gasteiger partial charge in [0.2, 0.25) is 0 Å². The molecule has 0 bridgehead atoms. The number of aromatic nitrogens is 2. The van der Waals surface area contributed by atoms with Crippen LogP contribution in [0.4, 0.5) is 5.82 Å². The van der Waals surface area contributed by atoms with Crippen molar-refractivity contribution in [3.63, 3.8) is 0 Å². The van der Waals surface area contributed by atoms with E-state index in [1.807, 2.05) is 19.1 Å². The highest BCUT2D eigenvalue weighted by atomic mass is 35.5. The summed E-state index contributed by atoms with van der Waals surface area (Å²) in [6, 6.07) is 13.6. The van der Waals surface area contributed by atoms with Gasteiger partial charge in [0.05, 0.1) is 20.8 Å². The van der Waals surface area contributed by atoms with E-state index in [1.54, 1.807) is 28.9 Å². The molecule has 0 aliphatic rings. The van der Waals surface area contributed by atoms with Gasteiger partial charge >= 0.3 is 0 Å². The first-order valence-corrected chi connectivity index (χ1v) is 10.2. The topological polar surface area (TPSA) is 82.5 Å². The molecule has 148 valence electrons. The van der Waals surface area contributed by atoms with Crippen LogP contribution in [0.3, 0.4) is 0 Å². The predicted octanol–water partition coefficient (Wildman–Crippen LogP) is 3.71. The Morgan fingerprint density at radius 3 is 2.43 bits per heavy atom. The Bertz CT molecular complexity index is 1080. The van der Waals surface area contributed by atoms with E-state index in [4.69, 9.17) is 21.1 Å². The van der Waals surface area contributed by atoms with Crippen molar-refractivity contribution in [2.75, 3.05) is 18.9 Å². The fraction of sp³-hybridized carbons (Fsp3) is 0.211. The lowest BCUT2D eigenvalue weighted by Gasteiger charge is -2.11. The van der Waals surface area contributed by atoms with Gasteiger partial charge in [0.25, 0.3) is 10.0 Å². The van der Waals surface area contributed by atoms with Gasteiger partial charge in [-0.2, -0.15) is 5.10 Å². The number of nitrogens with zero attached hydrogens (tertiary/aromatic N) is 2. The number of rotatable bonds is 7. The van der Waals surface area contributed by atoms with E-state index in [0.29, 0.717) is 17.3 Å². The summed E-state index contributed by atoms with van der Waals surface area (Å²) in [5.41, 5.74) is 1.81. The van der Waals surface area contributed by atoms with Crippen LogP contribution < -0.4 is 14.2 Å². The van der Waals surface area contributed by atoms with Crippen LogP contribution in [0.25, 0.3) is 0 Å². The smallest absolute Gasteiger partial charge is 0.266 e. The summed E-state index contributed by atoms with van der Waals surface area (Å²) in [6.45, 7) is 2.35. The van der Waals surface area contributed by atoms with Crippen molar-refractivity contribution in [3.05, 3.63) is 64.8 Å². The average Bonchev–Trinajstić information content (AvgIpc) is 3.01. The molecule has 0 atom stereocenters. The van der Waals surface area contributed by atoms with Gasteiger partial charge in [0.15, 0.2) is 5.82 Å². The Labute approximate surface area is 168 Å². The quantitative estimate of drug-likeness (QED) is 0.628. The third-order valence-electron chi connectivity index (χ3n) is 4.13. The maximum Gasteiger partial charge on any atom is 0.266 e. The van der Waals surface area contributed by atoms with E-state index in [-0.39, 0.29) is 16.5 Å². The summed E-state index contributed by atoms with van der Waals surface area (Å²) in [7, 11) is -1.04. The number of ether oxygens (including phenoxy) is 2. The summed E-state index contributed by atoms with van der Waals surface area (Å²) < 4.78 is 40.2. The summed E-state index contributed by atoms with van der Waals surface area (Å²) in [6.07, 6.45) is 0. The van der Waals surface area contributed by atoms with Gasteiger partial charge in [-0.15, -0.1) is 0 Å². The molecule has 9 heteroatoms. The molecule has 1 heterocycles. The number of methoxy groups -OCH3 is 2. The van der Waals surface area contributed by atoms with Crippen LogP contribution >= 0.6 is 11.6 Å². The molecule has 0 aliphatic heterocycles. The molecule has 1 N–H and O–H groups in total. The SMILES string of the molecule is COc1ccc(OC)c(S(=O)(=O)Nc2cc(C)n(Cc3ccc(Cl)cc3)n2)c1. The standard InChI is InChI=1S/C19H20ClN3O4S/c1-13-10-19(21-23(13)12-14-4-6-15(20)7-5-14)22-28(24,25)18-11-16(26-2)8-9-17(18)27-3/h4-11H,12H2,1-3H3,(H,21,22). The van der Waals surface area contributed by atoms with Crippen molar-refractivity contribution < 1.29 is 17.9 Å². The lowest BCUT2D eigenvalue weighted by molar-refractivity contribution is 0.392. The first-order chi connectivity index (χ1) is 13.3. The predicted molar refractivity (Wildman–Crippen MR) is 108 cm³/mol. The molecule has 3 rings (SSSR count). The zero-order valence-corrected chi connectivity index (χ0v) is 17.2. The molecule has 1 aromatic heterocycles. The molecule has 0 radical (unpaired) electrons. The molecule has 0 fully saturated rings. The molecular weight excluding hydrogens is 402 g/mol. The van der Waals surface area contributed by atoms with Crippen LogP contribution in [-0.4, -0.2) is 32.4 Å². The van der Waals surface area contributed by atoms with Crippen LogP contribution in [0.5, 0.6) is 11.5 Å². The van der Waals surface area contributed by atoms with E-state index >= 15 is 0 Å². The van der Waals surface area contributed by atoms with E-state index in [2.05, 4.69) is 9.82 Å². The summed E-state index contributed by atoms with van der Waals surface area (Å²) in [4.78, 5) is -0.0285. The van der Waals surface area contributed by atoms with Gasteiger partial charge in [-0.25, -0.2) is 8.42 Å². The Morgan fingerprint density at radius 1 is 1.07 bits per heavy atom. The third-order valence-corrected chi connectivity index (χ3v) is 5.75. The summed E-state index contributed by atoms with van der Waals surface area (Å²) >= 11 is 5.91. The number of nitrogens with one attached hydrogen (secondary N) is 1. The second-order valence-corrected chi connectivity index (χ2v) is 8.16. The number of hydrogen-bond donors (Lipinski definition) is 1. The molecule has 2 aromatic carbocycles. The van der Waals surface area contributed by atoms with Gasteiger partial charge in [-0.1, -0.05) is 23.7 Å². The highest BCUT2D eigenvalue weighted by Crippen LogP contribution is 2.29. The van der Waals surface area contributed by atoms with Gasteiger partial charge < -0.3 is 9.47 Å². The third kappa shape index (κ3) is 4.40. The number of benzene rings is 2. The zero-order valence-electron chi connectivity index (χ0n) is 15.6. The average molecular weight is 422 g/mol. The Hall–Kier alpha value is -2.71. The van der Waals surface area contributed by atoms with Crippen LogP contribution in [0.1, 0.15) is 11.3 Å². The highest BCUT2D eigenvalue weighted by Gasteiger charge is 2.22. The van der Waals surface area contributed by atoms with Crippen LogP contribution in [0.15, 0.2) is 53.4 Å². The number of aryl methyl sites for hydroxylation is 1. The Kier molecular flexibility index (Phi) is 5.81. The lowest BCUT2D eigenvalue weighted by atomic mass is 10.2. The molecule has 7 nitrogen and oxygen atoms in total. The normalized spacial score (nSPS) is 11.3. The van der Waals surface area contributed by atoms with Crippen molar-refractivity contribution in [2.24, 2.45) is 0 Å². The van der Waals surface area contributed by atoms with E-state index in [0.717, 1.165) is 11.3 Å². The Morgan fingerprint density at radius 2 is 1.79 bits per heavy atom. The molecule has 0 saturated heterocycles.